The first-order chi connectivity index (χ1) is 13.6. The molecule has 5 rings (SSSR count). The molecule has 3 aromatic rings. The van der Waals surface area contributed by atoms with Gasteiger partial charge in [0.1, 0.15) is 17.2 Å². The van der Waals surface area contributed by atoms with Gasteiger partial charge < -0.3 is 15.4 Å². The molecule has 2 aliphatic rings. The summed E-state index contributed by atoms with van der Waals surface area (Å²) < 4.78 is 7.75. The van der Waals surface area contributed by atoms with E-state index in [2.05, 4.69) is 51.3 Å². The molecular weight excluding hydrogens is 366 g/mol. The highest BCUT2D eigenvalue weighted by atomic mass is 28.1. The fraction of sp³-hybridized carbons (Fsp3) is 0.429. The second kappa shape index (κ2) is 6.90. The Balaban J connectivity index is 1.48. The average molecular weight is 394 g/mol. The monoisotopic (exact) mass is 393 g/mol. The van der Waals surface area contributed by atoms with Crippen LogP contribution in [0.2, 0.25) is 5.54 Å². The molecule has 2 fully saturated rings. The van der Waals surface area contributed by atoms with Crippen molar-refractivity contribution in [2.75, 3.05) is 19.0 Å². The van der Waals surface area contributed by atoms with E-state index in [1.807, 2.05) is 12.3 Å². The molecule has 0 radical (unpaired) electrons. The van der Waals surface area contributed by atoms with Gasteiger partial charge >= 0.3 is 0 Å². The van der Waals surface area contributed by atoms with E-state index in [0.717, 1.165) is 40.7 Å². The minimum absolute atomic E-state index is 0.461. The van der Waals surface area contributed by atoms with Gasteiger partial charge in [-0.1, -0.05) is 13.0 Å². The van der Waals surface area contributed by atoms with Gasteiger partial charge in [-0.2, -0.15) is 0 Å². The number of rotatable bonds is 6. The molecule has 3 aromatic heterocycles. The van der Waals surface area contributed by atoms with Crippen molar-refractivity contribution in [3.63, 3.8) is 0 Å². The van der Waals surface area contributed by atoms with Crippen LogP contribution in [0.5, 0.6) is 5.75 Å². The average Bonchev–Trinajstić information content (AvgIpc) is 3.43. The first-order valence-electron chi connectivity index (χ1n) is 10.2. The van der Waals surface area contributed by atoms with E-state index < -0.39 is 0 Å². The van der Waals surface area contributed by atoms with Gasteiger partial charge in [-0.05, 0) is 36.4 Å². The van der Waals surface area contributed by atoms with Gasteiger partial charge in [-0.25, -0.2) is 9.97 Å². The van der Waals surface area contributed by atoms with E-state index >= 15 is 0 Å². The summed E-state index contributed by atoms with van der Waals surface area (Å²) in [5, 5.41) is 7.15. The lowest BCUT2D eigenvalue weighted by atomic mass is 9.97. The van der Waals surface area contributed by atoms with E-state index in [1.54, 1.807) is 7.11 Å². The molecule has 4 heterocycles. The number of aromatic nitrogens is 3. The third kappa shape index (κ3) is 3.08. The molecule has 2 N–H and O–H groups in total. The van der Waals surface area contributed by atoms with Crippen molar-refractivity contribution < 1.29 is 4.74 Å². The highest BCUT2D eigenvalue weighted by Crippen LogP contribution is 2.44. The van der Waals surface area contributed by atoms with Gasteiger partial charge in [-0.3, -0.25) is 4.40 Å². The van der Waals surface area contributed by atoms with Crippen molar-refractivity contribution in [2.45, 2.75) is 43.3 Å². The number of ether oxygens (including phenoxy) is 1. The Labute approximate surface area is 168 Å². The third-order valence-electron chi connectivity index (χ3n) is 5.95. The molecule has 1 saturated carbocycles. The summed E-state index contributed by atoms with van der Waals surface area (Å²) in [6, 6.07) is 9.24. The molecule has 1 aliphatic heterocycles. The molecule has 1 aliphatic carbocycles. The maximum atomic E-state index is 5.60. The number of hydrogen-bond acceptors (Lipinski definition) is 5. The quantitative estimate of drug-likeness (QED) is 0.629. The summed E-state index contributed by atoms with van der Waals surface area (Å²) in [6.07, 6.45) is 6.56. The highest BCUT2D eigenvalue weighted by Gasteiger charge is 2.32. The lowest BCUT2D eigenvalue weighted by Gasteiger charge is -2.41. The number of methoxy groups -OCH3 is 1. The first kappa shape index (κ1) is 17.7. The highest BCUT2D eigenvalue weighted by molar-refractivity contribution is 6.12. The van der Waals surface area contributed by atoms with Crippen LogP contribution in [0.15, 0.2) is 36.7 Å². The van der Waals surface area contributed by atoms with Gasteiger partial charge in [-0.15, -0.1) is 0 Å². The summed E-state index contributed by atoms with van der Waals surface area (Å²) in [7, 11) is 2.93. The van der Waals surface area contributed by atoms with E-state index in [-0.39, 0.29) is 0 Å². The van der Waals surface area contributed by atoms with Gasteiger partial charge in [0.15, 0.2) is 0 Å². The molecule has 3 atom stereocenters. The normalized spacial score (nSPS) is 22.8. The van der Waals surface area contributed by atoms with Gasteiger partial charge in [0.05, 0.1) is 30.7 Å². The van der Waals surface area contributed by atoms with Crippen molar-refractivity contribution in [1.29, 1.82) is 0 Å². The van der Waals surface area contributed by atoms with Crippen LogP contribution < -0.4 is 15.4 Å². The minimum atomic E-state index is 0.461. The van der Waals surface area contributed by atoms with E-state index in [1.165, 1.54) is 28.6 Å². The predicted octanol–water partition coefficient (Wildman–Crippen LogP) is 2.21. The molecule has 146 valence electrons. The smallest absolute Gasteiger partial charge is 0.140 e. The van der Waals surface area contributed by atoms with Gasteiger partial charge in [0, 0.05) is 40.7 Å². The summed E-state index contributed by atoms with van der Waals surface area (Å²) in [5.41, 5.74) is 4.86. The minimum Gasteiger partial charge on any atom is -0.496 e. The van der Waals surface area contributed by atoms with Crippen LogP contribution in [0.1, 0.15) is 31.2 Å². The number of nitrogens with zero attached hydrogens (tertiary/aromatic N) is 3. The molecule has 2 unspecified atom stereocenters. The zero-order chi connectivity index (χ0) is 19.3. The van der Waals surface area contributed by atoms with Crippen molar-refractivity contribution in [3.05, 3.63) is 42.2 Å². The molecule has 28 heavy (non-hydrogen) atoms. The lowest BCUT2D eigenvalue weighted by molar-refractivity contribution is 0.323. The molecule has 0 bridgehead atoms. The van der Waals surface area contributed by atoms with Gasteiger partial charge in [0.25, 0.3) is 0 Å². The van der Waals surface area contributed by atoms with Crippen molar-refractivity contribution in [3.8, 4) is 17.1 Å². The summed E-state index contributed by atoms with van der Waals surface area (Å²) in [5.74, 6) is 2.48. The van der Waals surface area contributed by atoms with E-state index in [4.69, 9.17) is 9.72 Å². The SMILES string of the molecule is COc1cc2ncc(-c3cccc(N[C@@H]4CNC4C(C)[SiH3])n3)n2cc1C1CC1. The molecule has 1 saturated heterocycles. The molecule has 0 spiro atoms. The second-order valence-corrected chi connectivity index (χ2v) is 10.1. The number of imidazole rings is 1. The van der Waals surface area contributed by atoms with Crippen LogP contribution in [-0.4, -0.2) is 50.3 Å². The molecule has 0 aromatic carbocycles. The van der Waals surface area contributed by atoms with Gasteiger partial charge in [0.2, 0.25) is 0 Å². The number of pyridine rings is 2. The molecular formula is C21H27N5OSi. The number of nitrogens with one attached hydrogen (secondary N) is 2. The Hall–Kier alpha value is -2.38. The van der Waals surface area contributed by atoms with Crippen LogP contribution in [-0.2, 0) is 0 Å². The fourth-order valence-electron chi connectivity index (χ4n) is 4.15. The zero-order valence-electron chi connectivity index (χ0n) is 16.6. The standard InChI is InChI=1S/C21H27N5OSi/c1-12(28)21-16(9-23-21)25-19-5-3-4-15(24-19)17-10-22-20-8-18(27-2)14(11-26(17)20)13-6-7-13/h3-5,8,10-13,16,21,23H,6-7,9H2,1-2,28H3,(H,24,25)/t12?,16-,21?/m1/s1. The summed E-state index contributed by atoms with van der Waals surface area (Å²) >= 11 is 0. The van der Waals surface area contributed by atoms with Crippen molar-refractivity contribution >= 4 is 21.7 Å². The Morgan fingerprint density at radius 1 is 1.36 bits per heavy atom. The van der Waals surface area contributed by atoms with Crippen LogP contribution in [0.25, 0.3) is 17.0 Å². The maximum absolute atomic E-state index is 5.60. The summed E-state index contributed by atoms with van der Waals surface area (Å²) in [4.78, 5) is 9.49. The predicted molar refractivity (Wildman–Crippen MR) is 116 cm³/mol. The largest absolute Gasteiger partial charge is 0.496 e. The number of hydrogen-bond donors (Lipinski definition) is 2. The Morgan fingerprint density at radius 3 is 2.89 bits per heavy atom. The molecule has 6 nitrogen and oxygen atoms in total. The molecule has 0 amide bonds. The van der Waals surface area contributed by atoms with Crippen molar-refractivity contribution in [2.24, 2.45) is 0 Å². The van der Waals surface area contributed by atoms with E-state index in [0.29, 0.717) is 18.0 Å². The van der Waals surface area contributed by atoms with Crippen molar-refractivity contribution in [1.82, 2.24) is 19.7 Å². The Bertz CT molecular complexity index is 1010. The van der Waals surface area contributed by atoms with Crippen LogP contribution in [0, 0.1) is 0 Å². The second-order valence-electron chi connectivity index (χ2n) is 8.28. The van der Waals surface area contributed by atoms with Crippen LogP contribution >= 0.6 is 0 Å². The number of anilines is 1. The van der Waals surface area contributed by atoms with E-state index in [9.17, 15) is 0 Å². The summed E-state index contributed by atoms with van der Waals surface area (Å²) in [6.45, 7) is 3.31. The maximum Gasteiger partial charge on any atom is 0.140 e. The third-order valence-corrected chi connectivity index (χ3v) is 6.66. The van der Waals surface area contributed by atoms with Crippen LogP contribution in [0.4, 0.5) is 5.82 Å². The van der Waals surface area contributed by atoms with Crippen LogP contribution in [0.3, 0.4) is 0 Å². The topological polar surface area (TPSA) is 63.5 Å². The lowest BCUT2D eigenvalue weighted by Crippen LogP contribution is -2.62. The Morgan fingerprint density at radius 2 is 2.21 bits per heavy atom. The first-order valence-corrected chi connectivity index (χ1v) is 11.3. The Kier molecular flexibility index (Phi) is 4.36. The molecule has 7 heteroatoms. The number of fused-ring (bicyclic) bond motifs is 1. The zero-order valence-corrected chi connectivity index (χ0v) is 18.6. The fourth-order valence-corrected chi connectivity index (χ4v) is 4.85.